The van der Waals surface area contributed by atoms with E-state index in [1.54, 1.807) is 12.1 Å². The van der Waals surface area contributed by atoms with Crippen LogP contribution in [0.1, 0.15) is 127 Å². The largest absolute Gasteiger partial charge is 0.481 e. The normalized spacial score (nSPS) is 13.0. The summed E-state index contributed by atoms with van der Waals surface area (Å²) in [4.78, 5) is 88.2. The third-order valence-electron chi connectivity index (χ3n) is 21.1. The molecule has 117 heavy (non-hydrogen) atoms. The Morgan fingerprint density at radius 2 is 0.598 bits per heavy atom. The zero-order valence-corrected chi connectivity index (χ0v) is 66.8. The minimum atomic E-state index is -2.75. The quantitative estimate of drug-likeness (QED) is 0.0117. The lowest BCUT2D eigenvalue weighted by molar-refractivity contribution is -0.148. The fourth-order valence-corrected chi connectivity index (χ4v) is 20.0. The summed E-state index contributed by atoms with van der Waals surface area (Å²) in [5, 5.41) is 28.3. The molecule has 3 atom stereocenters. The first-order valence-corrected chi connectivity index (χ1v) is 41.4. The van der Waals surface area contributed by atoms with Gasteiger partial charge < -0.3 is 59.0 Å². The zero-order valence-electron chi connectivity index (χ0n) is 65.8. The highest BCUT2D eigenvalue weighted by Crippen LogP contribution is 2.47. The van der Waals surface area contributed by atoms with Gasteiger partial charge in [-0.3, -0.25) is 4.79 Å². The number of amides is 3. The van der Waals surface area contributed by atoms with E-state index in [-0.39, 0.29) is 88.3 Å². The Balaban J connectivity index is 0.000000167. The molecule has 5 N–H and O–H groups in total. The molecule has 0 saturated carbocycles. The third-order valence-corrected chi connectivity index (χ3v) is 26.1. The van der Waals surface area contributed by atoms with Gasteiger partial charge in [0.2, 0.25) is 0 Å². The van der Waals surface area contributed by atoms with E-state index < -0.39 is 68.6 Å². The molecule has 600 valence electrons. The van der Waals surface area contributed by atoms with Crippen LogP contribution in [0.15, 0.2) is 297 Å². The summed E-state index contributed by atoms with van der Waals surface area (Å²) in [6.45, 7) is 7.68. The molecule has 0 spiro atoms. The molecule has 11 aromatic rings. The van der Waals surface area contributed by atoms with Crippen LogP contribution in [0, 0.1) is 0 Å². The Morgan fingerprint density at radius 3 is 0.872 bits per heavy atom. The number of hydrogen-bond acceptors (Lipinski definition) is 15. The highest BCUT2D eigenvalue weighted by Gasteiger charge is 2.50. The fraction of sp³-hybridized carbons (Fsp3) is 0.247. The Hall–Kier alpha value is -12.8. The second kappa shape index (κ2) is 41.0. The highest BCUT2D eigenvalue weighted by atomic mass is 28.4. The molecular weight excluding hydrogens is 1490 g/mol. The SMILES string of the molecule is CC(C)(C)[Si](OCCC[C@H](NC(=O)OCC1c2ccccc2-c2ccccc21)C(=O)OCc1ccccc1)(c1ccccc1)c1ccccc1.O=C(N[C@@H](CCCO)C(=O)OCc1ccccc1)OCC1c2ccccc2-c2ccccc21.O=C(O)CC[C@H](NC(=O)OCC1c2ccccc2-c2ccccc21)C(=O)OCc1ccccc1. The first-order chi connectivity index (χ1) is 57.0. The van der Waals surface area contributed by atoms with E-state index in [9.17, 15) is 38.7 Å². The van der Waals surface area contributed by atoms with Crippen LogP contribution in [0.2, 0.25) is 5.04 Å². The van der Waals surface area contributed by atoms with Crippen LogP contribution >= 0.6 is 0 Å². The van der Waals surface area contributed by atoms with E-state index in [2.05, 4.69) is 122 Å². The van der Waals surface area contributed by atoms with Crippen molar-refractivity contribution in [2.45, 2.75) is 120 Å². The maximum Gasteiger partial charge on any atom is 0.407 e. The van der Waals surface area contributed by atoms with Crippen LogP contribution < -0.4 is 26.3 Å². The van der Waals surface area contributed by atoms with E-state index in [1.807, 2.05) is 200 Å². The fourth-order valence-electron chi connectivity index (χ4n) is 15.4. The lowest BCUT2D eigenvalue weighted by Crippen LogP contribution is -2.66. The van der Waals surface area contributed by atoms with Gasteiger partial charge in [0, 0.05) is 37.4 Å². The Labute approximate surface area is 683 Å². The van der Waals surface area contributed by atoms with Gasteiger partial charge in [-0.2, -0.15) is 0 Å². The topological polar surface area (TPSA) is 261 Å². The lowest BCUT2D eigenvalue weighted by atomic mass is 9.98. The van der Waals surface area contributed by atoms with Crippen molar-refractivity contribution in [3.05, 3.63) is 347 Å². The average Bonchev–Trinajstić information content (AvgIpc) is 1.18. The second-order valence-corrected chi connectivity index (χ2v) is 34.1. The van der Waals surface area contributed by atoms with Crippen molar-refractivity contribution in [2.24, 2.45) is 0 Å². The predicted molar refractivity (Wildman–Crippen MR) is 451 cm³/mol. The lowest BCUT2D eigenvalue weighted by Gasteiger charge is -2.43. The van der Waals surface area contributed by atoms with Crippen LogP contribution in [0.25, 0.3) is 33.4 Å². The minimum Gasteiger partial charge on any atom is -0.481 e. The maximum atomic E-state index is 13.5. The number of rotatable bonds is 31. The van der Waals surface area contributed by atoms with Gasteiger partial charge in [0.15, 0.2) is 0 Å². The Morgan fingerprint density at radius 1 is 0.342 bits per heavy atom. The van der Waals surface area contributed by atoms with Gasteiger partial charge in [-0.1, -0.05) is 318 Å². The summed E-state index contributed by atoms with van der Waals surface area (Å²) in [6, 6.07) is 94.5. The van der Waals surface area contributed by atoms with Crippen LogP contribution in [0.4, 0.5) is 14.4 Å². The standard InChI is InChI=1S/C43H45NO5Si.C27H25NO6.C27H27NO5/c1-43(2,3)50(33-20-9-5-10-21-33,34-22-11-6-12-23-34)49-29-17-28-40(41(45)47-30-32-18-7-4-8-19-32)44-42(46)48-31-39-37-26-15-13-24-35(37)36-25-14-16-27-38(36)39;29-25(30)15-14-24(26(31)33-16-18-8-2-1-3-9-18)28-27(32)34-17-23-21-12-6-4-10-19(21)20-11-5-7-13-22(20)23;29-16-8-15-25(26(30)32-17-19-9-2-1-3-10-19)28-27(31)33-18-24-22-13-6-4-11-20(22)21-12-5-7-14-23(21)24/h4-16,18-27,39-40H,17,28-31H2,1-3H3,(H,44,46);1-13,23-24H,14-17H2,(H,28,32)(H,29,30);1-7,9-14,24-25,29H,8,15-18H2,(H,28,31)/t40-;24-;25-/m000/s1. The Kier molecular flexibility index (Phi) is 29.3. The summed E-state index contributed by atoms with van der Waals surface area (Å²) in [7, 11) is -2.75. The summed E-state index contributed by atoms with van der Waals surface area (Å²) in [5.74, 6) is -3.12. The van der Waals surface area contributed by atoms with Crippen molar-refractivity contribution in [3.8, 4) is 33.4 Å². The molecule has 0 aliphatic heterocycles. The van der Waals surface area contributed by atoms with Crippen LogP contribution in [0.5, 0.6) is 0 Å². The molecule has 11 aromatic carbocycles. The Bertz CT molecular complexity index is 4970. The average molecular weight is 1590 g/mol. The number of carbonyl (C=O) groups is 7. The number of carboxylic acid groups (broad SMARTS) is 1. The van der Waals surface area contributed by atoms with Gasteiger partial charge in [-0.05, 0) is 131 Å². The van der Waals surface area contributed by atoms with Crippen molar-refractivity contribution in [1.29, 1.82) is 0 Å². The number of aliphatic hydroxyl groups excluding tert-OH is 1. The molecule has 0 bridgehead atoms. The first kappa shape index (κ1) is 83.7. The molecule has 0 heterocycles. The van der Waals surface area contributed by atoms with E-state index >= 15 is 0 Å². The van der Waals surface area contributed by atoms with Crippen molar-refractivity contribution in [1.82, 2.24) is 16.0 Å². The van der Waals surface area contributed by atoms with Gasteiger partial charge in [0.1, 0.15) is 57.8 Å². The smallest absolute Gasteiger partial charge is 0.407 e. The molecule has 3 amide bonds. The van der Waals surface area contributed by atoms with Gasteiger partial charge in [0.25, 0.3) is 8.32 Å². The van der Waals surface area contributed by atoms with Crippen molar-refractivity contribution in [2.75, 3.05) is 33.0 Å². The number of benzene rings is 11. The first-order valence-electron chi connectivity index (χ1n) is 39.5. The van der Waals surface area contributed by atoms with Crippen molar-refractivity contribution < 1.29 is 76.6 Å². The highest BCUT2D eigenvalue weighted by molar-refractivity contribution is 6.99. The minimum absolute atomic E-state index is 0.0234. The molecule has 3 aliphatic rings. The van der Waals surface area contributed by atoms with Crippen LogP contribution in [-0.2, 0) is 71.8 Å². The van der Waals surface area contributed by atoms with Crippen molar-refractivity contribution in [3.63, 3.8) is 0 Å². The monoisotopic (exact) mass is 1590 g/mol. The number of nitrogens with one attached hydrogen (secondary N) is 3. The van der Waals surface area contributed by atoms with E-state index in [1.165, 1.54) is 10.4 Å². The van der Waals surface area contributed by atoms with Crippen molar-refractivity contribution >= 4 is 60.8 Å². The second-order valence-electron chi connectivity index (χ2n) is 29.8. The number of aliphatic carboxylic acids is 1. The maximum absolute atomic E-state index is 13.5. The molecule has 0 saturated heterocycles. The van der Waals surface area contributed by atoms with E-state index in [4.69, 9.17) is 38.0 Å². The van der Waals surface area contributed by atoms with E-state index in [0.29, 0.717) is 25.9 Å². The predicted octanol–water partition coefficient (Wildman–Crippen LogP) is 16.9. The van der Waals surface area contributed by atoms with Gasteiger partial charge >= 0.3 is 42.2 Å². The number of carbonyl (C=O) groups excluding carboxylic acids is 6. The van der Waals surface area contributed by atoms with E-state index in [0.717, 1.165) is 83.5 Å². The molecule has 0 fully saturated rings. The number of carboxylic acids is 1. The van der Waals surface area contributed by atoms with Gasteiger partial charge in [-0.15, -0.1) is 0 Å². The number of aliphatic hydroxyl groups is 1. The summed E-state index contributed by atoms with van der Waals surface area (Å²) >= 11 is 0. The summed E-state index contributed by atoms with van der Waals surface area (Å²) in [6.07, 6.45) is -1.06. The molecule has 3 aliphatic carbocycles. The number of ether oxygens (including phenoxy) is 6. The molecule has 14 rings (SSSR count). The third kappa shape index (κ3) is 21.6. The molecular formula is C97H97N3O16Si. The molecule has 0 radical (unpaired) electrons. The number of esters is 3. The zero-order chi connectivity index (χ0) is 81.9. The summed E-state index contributed by atoms with van der Waals surface area (Å²) < 4.78 is 40.3. The molecule has 20 heteroatoms. The van der Waals surface area contributed by atoms with Gasteiger partial charge in [-0.25, -0.2) is 28.8 Å². The number of alkyl carbamates (subject to hydrolysis) is 3. The molecule has 0 unspecified atom stereocenters. The van der Waals surface area contributed by atoms with Crippen LogP contribution in [-0.4, -0.2) is 112 Å². The van der Waals surface area contributed by atoms with Crippen LogP contribution in [0.3, 0.4) is 0 Å². The number of fused-ring (bicyclic) bond motifs is 9. The summed E-state index contributed by atoms with van der Waals surface area (Å²) in [5.41, 5.74) is 15.9. The van der Waals surface area contributed by atoms with Gasteiger partial charge in [0.05, 0.1) is 0 Å². The number of hydrogen-bond donors (Lipinski definition) is 5. The molecule has 0 aromatic heterocycles. The molecule has 19 nitrogen and oxygen atoms in total.